The molecule has 0 saturated heterocycles. The first-order chi connectivity index (χ1) is 14.6. The standard InChI is InChI=1S/C7H22N2O12P4.C6H12N2.Pt/c1-7(9(5-24(16,17)18)6-25(19,20)21)2-8(3-22(10,11)12)4-23(13,14)15;7-5-3-1-2-4-6(5)8;/h7H,2-6H2,1H3,(H2,10,11,12)(H2,13,14,15)(H2,16,17,18)(H2,19,20,21);5-8H,1-4H2;/q;-2;+2/t;5-,6+;. The van der Waals surface area contributed by atoms with E-state index in [2.05, 4.69) is 0 Å². The SMILES string of the molecule is CC(CN(CP(=O)(O)O)CP(=O)(O)O)N(CP(=O)(O)O)CP(=O)(O)O.[NH-][C@@H]1CCCC[C@@H]1[NH-].[Pt+2]. The van der Waals surface area contributed by atoms with Gasteiger partial charge >= 0.3 is 51.4 Å². The van der Waals surface area contributed by atoms with Gasteiger partial charge in [-0.1, -0.05) is 25.7 Å². The van der Waals surface area contributed by atoms with Gasteiger partial charge in [0.25, 0.3) is 0 Å². The van der Waals surface area contributed by atoms with E-state index >= 15 is 0 Å². The van der Waals surface area contributed by atoms with Gasteiger partial charge in [-0.3, -0.25) is 28.1 Å². The van der Waals surface area contributed by atoms with E-state index in [1.807, 2.05) is 0 Å². The fourth-order valence-electron chi connectivity index (χ4n) is 3.10. The molecule has 1 aliphatic carbocycles. The Bertz CT molecular complexity index is 728. The maximum Gasteiger partial charge on any atom is 2.00 e. The Kier molecular flexibility index (Phi) is 17.0. The molecule has 1 fully saturated rings. The molecule has 10 N–H and O–H groups in total. The fourth-order valence-corrected chi connectivity index (χ4v) is 6.59. The molecule has 208 valence electrons. The molecule has 0 aromatic carbocycles. The summed E-state index contributed by atoms with van der Waals surface area (Å²) >= 11 is 0. The summed E-state index contributed by atoms with van der Waals surface area (Å²) in [5.41, 5.74) is 14.6. The first-order valence-electron chi connectivity index (χ1n) is 9.65. The van der Waals surface area contributed by atoms with E-state index in [-0.39, 0.29) is 33.1 Å². The van der Waals surface area contributed by atoms with E-state index in [1.54, 1.807) is 0 Å². The zero-order valence-electron chi connectivity index (χ0n) is 18.3. The van der Waals surface area contributed by atoms with Crippen molar-refractivity contribution in [3.63, 3.8) is 0 Å². The second-order valence-electron chi connectivity index (χ2n) is 8.01. The van der Waals surface area contributed by atoms with Crippen molar-refractivity contribution in [2.75, 3.05) is 31.7 Å². The number of hydrogen-bond acceptors (Lipinski definition) is 6. The quantitative estimate of drug-likeness (QED) is 0.136. The van der Waals surface area contributed by atoms with Crippen LogP contribution in [0.1, 0.15) is 32.6 Å². The predicted octanol–water partition coefficient (Wildman–Crippen LogP) is 0.919. The van der Waals surface area contributed by atoms with Crippen LogP contribution in [-0.2, 0) is 39.3 Å². The normalized spacial score (nSPS) is 21.0. The molecule has 3 atom stereocenters. The number of hydrogen-bond donors (Lipinski definition) is 8. The van der Waals surface area contributed by atoms with Crippen molar-refractivity contribution in [3.8, 4) is 0 Å². The van der Waals surface area contributed by atoms with E-state index in [9.17, 15) is 18.3 Å². The van der Waals surface area contributed by atoms with Gasteiger partial charge in [0, 0.05) is 12.6 Å². The van der Waals surface area contributed by atoms with Gasteiger partial charge in [0.05, 0.1) is 0 Å². The smallest absolute Gasteiger partial charge is 0.676 e. The second kappa shape index (κ2) is 15.5. The van der Waals surface area contributed by atoms with Gasteiger partial charge in [-0.05, 0) is 6.92 Å². The zero-order valence-corrected chi connectivity index (χ0v) is 24.2. The van der Waals surface area contributed by atoms with Crippen molar-refractivity contribution in [1.82, 2.24) is 9.80 Å². The van der Waals surface area contributed by atoms with Crippen LogP contribution in [0.15, 0.2) is 0 Å². The van der Waals surface area contributed by atoms with Crippen LogP contribution in [0, 0.1) is 0 Å². The molecule has 0 heterocycles. The number of nitrogens with one attached hydrogen (secondary N) is 2. The molecule has 0 radical (unpaired) electrons. The molecular formula is C13H34N4O12P4Pt. The predicted molar refractivity (Wildman–Crippen MR) is 120 cm³/mol. The average Bonchev–Trinajstić information content (AvgIpc) is 2.51. The van der Waals surface area contributed by atoms with Crippen LogP contribution in [0.3, 0.4) is 0 Å². The average molecular weight is 757 g/mol. The zero-order chi connectivity index (χ0) is 26.3. The Morgan fingerprint density at radius 1 is 0.706 bits per heavy atom. The van der Waals surface area contributed by atoms with Crippen molar-refractivity contribution < 1.29 is 78.5 Å². The van der Waals surface area contributed by atoms with E-state index in [0.29, 0.717) is 9.80 Å². The van der Waals surface area contributed by atoms with Crippen molar-refractivity contribution in [2.45, 2.75) is 50.7 Å². The molecule has 1 aliphatic rings. The van der Waals surface area contributed by atoms with Crippen molar-refractivity contribution in [2.24, 2.45) is 0 Å². The molecule has 0 spiro atoms. The molecule has 34 heavy (non-hydrogen) atoms. The van der Waals surface area contributed by atoms with Crippen LogP contribution in [0.25, 0.3) is 11.5 Å². The van der Waals surface area contributed by atoms with Crippen LogP contribution in [0.2, 0.25) is 0 Å². The minimum absolute atomic E-state index is 0. The maximum absolute atomic E-state index is 11.1. The fraction of sp³-hybridized carbons (Fsp3) is 1.00. The van der Waals surface area contributed by atoms with Crippen molar-refractivity contribution in [3.05, 3.63) is 11.5 Å². The van der Waals surface area contributed by atoms with E-state index < -0.39 is 68.1 Å². The molecule has 21 heteroatoms. The summed E-state index contributed by atoms with van der Waals surface area (Å²) in [5.74, 6) is 0. The summed E-state index contributed by atoms with van der Waals surface area (Å²) in [5, 5.41) is 0. The first-order valence-corrected chi connectivity index (χ1v) is 16.8. The van der Waals surface area contributed by atoms with Crippen molar-refractivity contribution in [1.29, 1.82) is 0 Å². The first kappa shape index (κ1) is 37.3. The van der Waals surface area contributed by atoms with Gasteiger partial charge in [0.15, 0.2) is 0 Å². The minimum Gasteiger partial charge on any atom is -0.676 e. The third-order valence-corrected chi connectivity index (χ3v) is 7.41. The van der Waals surface area contributed by atoms with Gasteiger partial charge < -0.3 is 50.6 Å². The second-order valence-corrected chi connectivity index (χ2v) is 14.5. The molecule has 0 aromatic rings. The number of nitrogens with zero attached hydrogens (tertiary/aromatic N) is 2. The maximum atomic E-state index is 11.1. The molecule has 0 bridgehead atoms. The van der Waals surface area contributed by atoms with Crippen LogP contribution < -0.4 is 0 Å². The summed E-state index contributed by atoms with van der Waals surface area (Å²) in [6.45, 7) is 0.716. The van der Waals surface area contributed by atoms with Crippen molar-refractivity contribution >= 4 is 30.4 Å². The van der Waals surface area contributed by atoms with Gasteiger partial charge in [0.1, 0.15) is 25.1 Å². The summed E-state index contributed by atoms with van der Waals surface area (Å²) in [7, 11) is -18.9. The van der Waals surface area contributed by atoms with Gasteiger partial charge in [-0.2, -0.15) is 12.1 Å². The summed E-state index contributed by atoms with van der Waals surface area (Å²) in [6, 6.07) is -1.26. The van der Waals surface area contributed by atoms with E-state index in [4.69, 9.17) is 50.6 Å². The Morgan fingerprint density at radius 3 is 1.24 bits per heavy atom. The van der Waals surface area contributed by atoms with Gasteiger partial charge in [-0.15, -0.1) is 0 Å². The topological polar surface area (TPSA) is 284 Å². The molecule has 0 amide bonds. The van der Waals surface area contributed by atoms with E-state index in [0.717, 1.165) is 12.8 Å². The Hall–Kier alpha value is 1.13. The van der Waals surface area contributed by atoms with Gasteiger partial charge in [-0.25, -0.2) is 0 Å². The molecule has 1 rings (SSSR count). The van der Waals surface area contributed by atoms with Crippen LogP contribution in [-0.4, -0.2) is 98.8 Å². The molecule has 0 aliphatic heterocycles. The van der Waals surface area contributed by atoms with Crippen LogP contribution in [0.4, 0.5) is 0 Å². The third kappa shape index (κ3) is 21.2. The van der Waals surface area contributed by atoms with Crippen LogP contribution in [0.5, 0.6) is 0 Å². The molecular weight excluding hydrogens is 723 g/mol. The van der Waals surface area contributed by atoms with Gasteiger partial charge in [0.2, 0.25) is 0 Å². The minimum atomic E-state index is -4.73. The summed E-state index contributed by atoms with van der Waals surface area (Å²) in [4.78, 5) is 73.2. The largest absolute Gasteiger partial charge is 2.00 e. The van der Waals surface area contributed by atoms with E-state index in [1.165, 1.54) is 19.8 Å². The molecule has 1 unspecified atom stereocenters. The number of rotatable bonds is 11. The van der Waals surface area contributed by atoms with Crippen LogP contribution >= 0.6 is 30.4 Å². The summed E-state index contributed by atoms with van der Waals surface area (Å²) < 4.78 is 44.4. The molecule has 0 aromatic heterocycles. The Labute approximate surface area is 212 Å². The Balaban J connectivity index is 0. The molecule has 16 nitrogen and oxygen atoms in total. The third-order valence-electron chi connectivity index (χ3n) is 4.41. The Morgan fingerprint density at radius 2 is 1.00 bits per heavy atom. The molecule has 1 saturated carbocycles. The summed E-state index contributed by atoms with van der Waals surface area (Å²) in [6.07, 6.45) is 0.0253. The monoisotopic (exact) mass is 757 g/mol.